The summed E-state index contributed by atoms with van der Waals surface area (Å²) in [7, 11) is 0. The molecule has 28 heavy (non-hydrogen) atoms. The molecule has 2 aromatic rings. The Morgan fingerprint density at radius 1 is 0.964 bits per heavy atom. The van der Waals surface area contributed by atoms with Crippen LogP contribution in [0.15, 0.2) is 42.5 Å². The number of rotatable bonds is 9. The van der Waals surface area contributed by atoms with Crippen LogP contribution in [0.5, 0.6) is 5.75 Å². The van der Waals surface area contributed by atoms with Crippen LogP contribution in [-0.4, -0.2) is 18.6 Å². The molecular formula is C25H35NO2. The average Bonchev–Trinajstić information content (AvgIpc) is 2.65. The first-order chi connectivity index (χ1) is 13.3. The van der Waals surface area contributed by atoms with Crippen molar-refractivity contribution in [3.8, 4) is 5.75 Å². The van der Waals surface area contributed by atoms with Gasteiger partial charge >= 0.3 is 0 Å². The molecule has 3 heteroatoms. The van der Waals surface area contributed by atoms with Crippen LogP contribution in [0.4, 0.5) is 0 Å². The normalized spacial score (nSPS) is 12.3. The van der Waals surface area contributed by atoms with Gasteiger partial charge in [0.25, 0.3) is 5.91 Å². The van der Waals surface area contributed by atoms with Gasteiger partial charge in [0, 0.05) is 6.54 Å². The highest BCUT2D eigenvalue weighted by Crippen LogP contribution is 2.28. The van der Waals surface area contributed by atoms with Crippen molar-refractivity contribution < 1.29 is 9.53 Å². The number of hydrogen-bond donors (Lipinski definition) is 1. The summed E-state index contributed by atoms with van der Waals surface area (Å²) in [6.45, 7) is 13.2. The van der Waals surface area contributed by atoms with Gasteiger partial charge in [0.1, 0.15) is 5.75 Å². The largest absolute Gasteiger partial charge is 0.481 e. The van der Waals surface area contributed by atoms with Gasteiger partial charge in [-0.25, -0.2) is 0 Å². The smallest absolute Gasteiger partial charge is 0.260 e. The van der Waals surface area contributed by atoms with Crippen LogP contribution in [0.3, 0.4) is 0 Å². The Balaban J connectivity index is 1.81. The predicted molar refractivity (Wildman–Crippen MR) is 117 cm³/mol. The first kappa shape index (κ1) is 22.0. The SMILES string of the molecule is Cc1ccc(C(C)C)c(O[C@H](C)C(=O)NCCCc2ccc(C(C)C)cc2)c1. The summed E-state index contributed by atoms with van der Waals surface area (Å²) in [5.41, 5.74) is 4.94. The van der Waals surface area contributed by atoms with Crippen LogP contribution in [0, 0.1) is 6.92 Å². The third kappa shape index (κ3) is 6.40. The van der Waals surface area contributed by atoms with Gasteiger partial charge in [-0.2, -0.15) is 0 Å². The molecule has 1 amide bonds. The van der Waals surface area contributed by atoms with Gasteiger partial charge in [-0.1, -0.05) is 64.1 Å². The Hall–Kier alpha value is -2.29. The molecule has 0 aliphatic carbocycles. The molecular weight excluding hydrogens is 346 g/mol. The van der Waals surface area contributed by atoms with Gasteiger partial charge in [0.05, 0.1) is 0 Å². The summed E-state index contributed by atoms with van der Waals surface area (Å²) in [6.07, 6.45) is 1.37. The Labute approximate surface area is 170 Å². The topological polar surface area (TPSA) is 38.3 Å². The van der Waals surface area contributed by atoms with E-state index in [1.165, 1.54) is 11.1 Å². The number of ether oxygens (including phenoxy) is 1. The fraction of sp³-hybridized carbons (Fsp3) is 0.480. The molecule has 0 unspecified atom stereocenters. The zero-order valence-corrected chi connectivity index (χ0v) is 18.2. The summed E-state index contributed by atoms with van der Waals surface area (Å²) in [6, 6.07) is 15.0. The molecule has 0 aromatic heterocycles. The molecule has 0 saturated carbocycles. The lowest BCUT2D eigenvalue weighted by molar-refractivity contribution is -0.127. The molecule has 0 bridgehead atoms. The third-order valence-corrected chi connectivity index (χ3v) is 5.05. The molecule has 2 aromatic carbocycles. The maximum atomic E-state index is 12.4. The van der Waals surface area contributed by atoms with Crippen LogP contribution in [0.25, 0.3) is 0 Å². The average molecular weight is 382 g/mol. The van der Waals surface area contributed by atoms with E-state index in [4.69, 9.17) is 4.74 Å². The van der Waals surface area contributed by atoms with Gasteiger partial charge in [0.15, 0.2) is 6.10 Å². The van der Waals surface area contributed by atoms with Crippen molar-refractivity contribution in [1.29, 1.82) is 0 Å². The lowest BCUT2D eigenvalue weighted by Gasteiger charge is -2.19. The minimum absolute atomic E-state index is 0.0635. The van der Waals surface area contributed by atoms with Crippen molar-refractivity contribution in [2.45, 2.75) is 72.3 Å². The van der Waals surface area contributed by atoms with Crippen molar-refractivity contribution in [2.24, 2.45) is 0 Å². The minimum Gasteiger partial charge on any atom is -0.481 e. The summed E-state index contributed by atoms with van der Waals surface area (Å²) >= 11 is 0. The van der Waals surface area contributed by atoms with Crippen LogP contribution < -0.4 is 10.1 Å². The van der Waals surface area contributed by atoms with E-state index >= 15 is 0 Å². The Bertz CT molecular complexity index is 763. The number of aryl methyl sites for hydroxylation is 2. The fourth-order valence-electron chi connectivity index (χ4n) is 3.18. The number of benzene rings is 2. The highest BCUT2D eigenvalue weighted by Gasteiger charge is 2.17. The Morgan fingerprint density at radius 3 is 2.25 bits per heavy atom. The second-order valence-corrected chi connectivity index (χ2v) is 8.25. The summed E-state index contributed by atoms with van der Waals surface area (Å²) in [4.78, 5) is 12.4. The zero-order chi connectivity index (χ0) is 20.7. The van der Waals surface area contributed by atoms with Crippen molar-refractivity contribution in [3.05, 3.63) is 64.7 Å². The molecule has 152 valence electrons. The maximum absolute atomic E-state index is 12.4. The summed E-state index contributed by atoms with van der Waals surface area (Å²) in [5, 5.41) is 3.00. The first-order valence-corrected chi connectivity index (χ1v) is 10.4. The quantitative estimate of drug-likeness (QED) is 0.561. The summed E-state index contributed by atoms with van der Waals surface area (Å²) < 4.78 is 5.99. The molecule has 0 aliphatic rings. The maximum Gasteiger partial charge on any atom is 0.260 e. The van der Waals surface area contributed by atoms with Gasteiger partial charge in [0.2, 0.25) is 0 Å². The molecule has 0 radical (unpaired) electrons. The van der Waals surface area contributed by atoms with E-state index < -0.39 is 6.10 Å². The zero-order valence-electron chi connectivity index (χ0n) is 18.2. The first-order valence-electron chi connectivity index (χ1n) is 10.4. The van der Waals surface area contributed by atoms with Gasteiger partial charge in [-0.05, 0) is 66.8 Å². The van der Waals surface area contributed by atoms with Gasteiger partial charge < -0.3 is 10.1 Å². The molecule has 1 atom stereocenters. The molecule has 0 aliphatic heterocycles. The monoisotopic (exact) mass is 381 g/mol. The molecule has 0 saturated heterocycles. The van der Waals surface area contributed by atoms with E-state index in [1.54, 1.807) is 0 Å². The van der Waals surface area contributed by atoms with Crippen molar-refractivity contribution in [3.63, 3.8) is 0 Å². The second kappa shape index (κ2) is 10.3. The fourth-order valence-corrected chi connectivity index (χ4v) is 3.18. The highest BCUT2D eigenvalue weighted by molar-refractivity contribution is 5.80. The van der Waals surface area contributed by atoms with E-state index in [1.807, 2.05) is 19.9 Å². The molecule has 0 spiro atoms. The molecule has 0 heterocycles. The number of nitrogens with one attached hydrogen (secondary N) is 1. The van der Waals surface area contributed by atoms with E-state index in [0.717, 1.165) is 29.7 Å². The lowest BCUT2D eigenvalue weighted by atomic mass is 10.0. The van der Waals surface area contributed by atoms with Crippen LogP contribution in [0.1, 0.15) is 75.1 Å². The molecule has 3 nitrogen and oxygen atoms in total. The number of hydrogen-bond acceptors (Lipinski definition) is 2. The lowest BCUT2D eigenvalue weighted by Crippen LogP contribution is -2.37. The number of carbonyl (C=O) groups excluding carboxylic acids is 1. The number of carbonyl (C=O) groups is 1. The third-order valence-electron chi connectivity index (χ3n) is 5.05. The van der Waals surface area contributed by atoms with E-state index in [0.29, 0.717) is 18.4 Å². The predicted octanol–water partition coefficient (Wildman–Crippen LogP) is 5.76. The van der Waals surface area contributed by atoms with E-state index in [9.17, 15) is 4.79 Å². The van der Waals surface area contributed by atoms with Gasteiger partial charge in [-0.15, -0.1) is 0 Å². The van der Waals surface area contributed by atoms with E-state index in [2.05, 4.69) is 69.4 Å². The minimum atomic E-state index is -0.510. The second-order valence-electron chi connectivity index (χ2n) is 8.25. The van der Waals surface area contributed by atoms with Crippen LogP contribution >= 0.6 is 0 Å². The molecule has 1 N–H and O–H groups in total. The van der Waals surface area contributed by atoms with E-state index in [-0.39, 0.29) is 5.91 Å². The molecule has 0 fully saturated rings. The van der Waals surface area contributed by atoms with Gasteiger partial charge in [-0.3, -0.25) is 4.79 Å². The Kier molecular flexibility index (Phi) is 8.10. The standard InChI is InChI=1S/C25H35NO2/c1-17(2)22-12-10-21(11-13-22)8-7-15-26-25(27)20(6)28-24-16-19(5)9-14-23(24)18(3)4/h9-14,16-18,20H,7-8,15H2,1-6H3,(H,26,27)/t20-/m1/s1. The Morgan fingerprint density at radius 2 is 1.64 bits per heavy atom. The molecule has 2 rings (SSSR count). The van der Waals surface area contributed by atoms with Crippen molar-refractivity contribution in [1.82, 2.24) is 5.32 Å². The number of amides is 1. The van der Waals surface area contributed by atoms with Crippen molar-refractivity contribution >= 4 is 5.91 Å². The van der Waals surface area contributed by atoms with Crippen LogP contribution in [0.2, 0.25) is 0 Å². The van der Waals surface area contributed by atoms with Crippen LogP contribution in [-0.2, 0) is 11.2 Å². The summed E-state index contributed by atoms with van der Waals surface area (Å²) in [5.74, 6) is 1.65. The highest BCUT2D eigenvalue weighted by atomic mass is 16.5. The van der Waals surface area contributed by atoms with Crippen molar-refractivity contribution in [2.75, 3.05) is 6.54 Å².